The summed E-state index contributed by atoms with van der Waals surface area (Å²) in [7, 11) is 0. The molecule has 0 bridgehead atoms. The Morgan fingerprint density at radius 2 is 2.27 bits per heavy atom. The van der Waals surface area contributed by atoms with E-state index in [2.05, 4.69) is 35.3 Å². The summed E-state index contributed by atoms with van der Waals surface area (Å²) in [6.45, 7) is 2.15. The lowest BCUT2D eigenvalue weighted by atomic mass is 10.2. The Morgan fingerprint density at radius 1 is 1.40 bits per heavy atom. The fourth-order valence-corrected chi connectivity index (χ4v) is 2.75. The highest BCUT2D eigenvalue weighted by molar-refractivity contribution is 7.23. The minimum atomic E-state index is 0.459. The summed E-state index contributed by atoms with van der Waals surface area (Å²) in [5, 5.41) is 7.87. The number of hydrogen-bond acceptors (Lipinski definition) is 4. The number of benzene rings is 1. The number of nitrogens with zero attached hydrogens (tertiary/aromatic N) is 3. The van der Waals surface area contributed by atoms with E-state index in [-0.39, 0.29) is 0 Å². The van der Waals surface area contributed by atoms with Crippen LogP contribution in [0.4, 0.5) is 5.95 Å². The van der Waals surface area contributed by atoms with Crippen molar-refractivity contribution in [2.24, 2.45) is 0 Å². The second kappa shape index (κ2) is 2.93. The van der Waals surface area contributed by atoms with Gasteiger partial charge in [-0.1, -0.05) is 24.3 Å². The lowest BCUT2D eigenvalue weighted by molar-refractivity contribution is 1.12. The number of thiazole rings is 1. The summed E-state index contributed by atoms with van der Waals surface area (Å²) in [6, 6.07) is 6.39. The molecule has 2 heterocycles. The monoisotopic (exact) mass is 218 g/mol. The molecule has 0 unspecified atom stereocenters. The molecule has 0 saturated carbocycles. The van der Waals surface area contributed by atoms with Crippen molar-refractivity contribution in [3.05, 3.63) is 23.8 Å². The number of fused-ring (bicyclic) bond motifs is 3. The molecule has 5 heteroatoms. The molecule has 0 aliphatic rings. The zero-order valence-electron chi connectivity index (χ0n) is 8.27. The molecule has 0 amide bonds. The third kappa shape index (κ3) is 1.13. The quantitative estimate of drug-likeness (QED) is 0.680. The van der Waals surface area contributed by atoms with Gasteiger partial charge in [-0.25, -0.2) is 0 Å². The van der Waals surface area contributed by atoms with Gasteiger partial charge in [0.25, 0.3) is 0 Å². The van der Waals surface area contributed by atoms with Crippen molar-refractivity contribution in [3.8, 4) is 0 Å². The molecule has 2 N–H and O–H groups in total. The SMILES string of the molecule is CCc1ccc2c(c1)sc1nnc(N)n12. The van der Waals surface area contributed by atoms with Crippen LogP contribution in [-0.2, 0) is 6.42 Å². The molecule has 0 radical (unpaired) electrons. The lowest BCUT2D eigenvalue weighted by Gasteiger charge is -1.96. The molecule has 76 valence electrons. The molecule has 4 nitrogen and oxygen atoms in total. The van der Waals surface area contributed by atoms with E-state index in [0.29, 0.717) is 5.95 Å². The Kier molecular flexibility index (Phi) is 1.70. The smallest absolute Gasteiger partial charge is 0.227 e. The average molecular weight is 218 g/mol. The van der Waals surface area contributed by atoms with Crippen LogP contribution in [0.5, 0.6) is 0 Å². The number of hydrogen-bond donors (Lipinski definition) is 1. The van der Waals surface area contributed by atoms with Gasteiger partial charge in [0.2, 0.25) is 10.9 Å². The van der Waals surface area contributed by atoms with Crippen LogP contribution in [0.3, 0.4) is 0 Å². The van der Waals surface area contributed by atoms with Gasteiger partial charge in [0, 0.05) is 0 Å². The van der Waals surface area contributed by atoms with E-state index in [4.69, 9.17) is 5.73 Å². The predicted molar refractivity (Wildman–Crippen MR) is 62.2 cm³/mol. The van der Waals surface area contributed by atoms with Crippen LogP contribution in [0.1, 0.15) is 12.5 Å². The van der Waals surface area contributed by atoms with Crippen molar-refractivity contribution in [2.75, 3.05) is 5.73 Å². The standard InChI is InChI=1S/C10H10N4S/c1-2-6-3-4-7-8(5-6)15-10-13-12-9(11)14(7)10/h3-5H,2H2,1H3,(H2,11,12). The topological polar surface area (TPSA) is 56.2 Å². The Morgan fingerprint density at radius 3 is 3.07 bits per heavy atom. The van der Waals surface area contributed by atoms with E-state index in [9.17, 15) is 0 Å². The molecular weight excluding hydrogens is 208 g/mol. The number of anilines is 1. The summed E-state index contributed by atoms with van der Waals surface area (Å²) in [6.07, 6.45) is 1.05. The van der Waals surface area contributed by atoms with Gasteiger partial charge < -0.3 is 5.73 Å². The second-order valence-electron chi connectivity index (χ2n) is 3.43. The highest BCUT2D eigenvalue weighted by Crippen LogP contribution is 2.27. The largest absolute Gasteiger partial charge is 0.368 e. The third-order valence-electron chi connectivity index (χ3n) is 2.53. The molecule has 0 atom stereocenters. The van der Waals surface area contributed by atoms with Crippen LogP contribution < -0.4 is 5.73 Å². The zero-order valence-corrected chi connectivity index (χ0v) is 9.08. The van der Waals surface area contributed by atoms with Gasteiger partial charge in [0.1, 0.15) is 0 Å². The van der Waals surface area contributed by atoms with E-state index in [1.165, 1.54) is 10.3 Å². The molecule has 0 aliphatic carbocycles. The minimum absolute atomic E-state index is 0.459. The third-order valence-corrected chi connectivity index (χ3v) is 3.53. The van der Waals surface area contributed by atoms with Crippen LogP contribution in [0.25, 0.3) is 15.2 Å². The Balaban J connectivity index is 2.44. The summed E-state index contributed by atoms with van der Waals surface area (Å²) >= 11 is 1.62. The van der Waals surface area contributed by atoms with Crippen LogP contribution >= 0.6 is 11.3 Å². The van der Waals surface area contributed by atoms with E-state index in [0.717, 1.165) is 16.9 Å². The van der Waals surface area contributed by atoms with Crippen LogP contribution in [0.15, 0.2) is 18.2 Å². The van der Waals surface area contributed by atoms with Gasteiger partial charge >= 0.3 is 0 Å². The summed E-state index contributed by atoms with van der Waals surface area (Å²) < 4.78 is 3.10. The Labute approximate surface area is 90.3 Å². The Bertz CT molecular complexity index is 637. The average Bonchev–Trinajstić information content (AvgIpc) is 2.77. The molecule has 0 saturated heterocycles. The zero-order chi connectivity index (χ0) is 10.4. The first-order valence-corrected chi connectivity index (χ1v) is 5.63. The van der Waals surface area contributed by atoms with Crippen molar-refractivity contribution >= 4 is 32.5 Å². The molecular formula is C10H10N4S. The first-order valence-electron chi connectivity index (χ1n) is 4.81. The number of aryl methyl sites for hydroxylation is 1. The minimum Gasteiger partial charge on any atom is -0.368 e. The fraction of sp³-hybridized carbons (Fsp3) is 0.200. The fourth-order valence-electron chi connectivity index (χ4n) is 1.72. The van der Waals surface area contributed by atoms with Gasteiger partial charge in [-0.3, -0.25) is 4.40 Å². The molecule has 15 heavy (non-hydrogen) atoms. The number of rotatable bonds is 1. The molecule has 0 aliphatic heterocycles. The van der Waals surface area contributed by atoms with E-state index >= 15 is 0 Å². The van der Waals surface area contributed by atoms with Crippen LogP contribution in [0, 0.1) is 0 Å². The maximum atomic E-state index is 5.75. The normalized spacial score (nSPS) is 11.5. The van der Waals surface area contributed by atoms with Crippen molar-refractivity contribution in [2.45, 2.75) is 13.3 Å². The summed E-state index contributed by atoms with van der Waals surface area (Å²) in [5.41, 5.74) is 8.18. The summed E-state index contributed by atoms with van der Waals surface area (Å²) in [4.78, 5) is 0.857. The first-order chi connectivity index (χ1) is 7.29. The number of nitrogens with two attached hydrogens (primary N) is 1. The molecule has 3 aromatic rings. The maximum Gasteiger partial charge on any atom is 0.227 e. The van der Waals surface area contributed by atoms with E-state index in [1.54, 1.807) is 11.3 Å². The van der Waals surface area contributed by atoms with Gasteiger partial charge in [-0.2, -0.15) is 0 Å². The summed E-state index contributed by atoms with van der Waals surface area (Å²) in [5.74, 6) is 0.459. The molecule has 1 aromatic carbocycles. The van der Waals surface area contributed by atoms with Crippen molar-refractivity contribution < 1.29 is 0 Å². The van der Waals surface area contributed by atoms with E-state index in [1.807, 2.05) is 4.40 Å². The number of nitrogen functional groups attached to an aromatic ring is 1. The van der Waals surface area contributed by atoms with Crippen molar-refractivity contribution in [1.82, 2.24) is 14.6 Å². The van der Waals surface area contributed by atoms with Gasteiger partial charge in [0.05, 0.1) is 10.2 Å². The Hall–Kier alpha value is -1.62. The van der Waals surface area contributed by atoms with Gasteiger partial charge in [0.15, 0.2) is 0 Å². The van der Waals surface area contributed by atoms with Gasteiger partial charge in [-0.05, 0) is 24.1 Å². The predicted octanol–water partition coefficient (Wildman–Crippen LogP) is 2.09. The van der Waals surface area contributed by atoms with Crippen LogP contribution in [0.2, 0.25) is 0 Å². The van der Waals surface area contributed by atoms with Crippen molar-refractivity contribution in [3.63, 3.8) is 0 Å². The molecule has 0 spiro atoms. The highest BCUT2D eigenvalue weighted by atomic mass is 32.1. The molecule has 2 aromatic heterocycles. The highest BCUT2D eigenvalue weighted by Gasteiger charge is 2.09. The molecule has 0 fully saturated rings. The first kappa shape index (κ1) is 8.67. The number of aromatic nitrogens is 3. The second-order valence-corrected chi connectivity index (χ2v) is 4.44. The van der Waals surface area contributed by atoms with Gasteiger partial charge in [-0.15, -0.1) is 10.2 Å². The van der Waals surface area contributed by atoms with Crippen molar-refractivity contribution in [1.29, 1.82) is 0 Å². The van der Waals surface area contributed by atoms with Crippen LogP contribution in [-0.4, -0.2) is 14.6 Å². The lowest BCUT2D eigenvalue weighted by Crippen LogP contribution is -1.92. The maximum absolute atomic E-state index is 5.75. The van der Waals surface area contributed by atoms with E-state index < -0.39 is 0 Å². The molecule has 3 rings (SSSR count).